The number of alkyl halides is 3. The number of nitrogens with zero attached hydrogens (tertiary/aromatic N) is 1. The van der Waals surface area contributed by atoms with Crippen molar-refractivity contribution < 1.29 is 17.9 Å². The van der Waals surface area contributed by atoms with E-state index in [1.165, 1.54) is 7.05 Å². The van der Waals surface area contributed by atoms with Crippen LogP contribution in [0.1, 0.15) is 12.0 Å². The number of para-hydroxylation sites is 1. The van der Waals surface area contributed by atoms with Crippen LogP contribution in [0.4, 0.5) is 13.2 Å². The molecule has 0 fully saturated rings. The fourth-order valence-electron chi connectivity index (χ4n) is 1.59. The van der Waals surface area contributed by atoms with Crippen molar-refractivity contribution in [2.24, 2.45) is 4.99 Å². The second kappa shape index (κ2) is 10.5. The molecular formula is C14H21F3IN3O. The SMILES string of the molecule is CN=C(NCCOc1ccccc1C)NCCC(F)(F)F.I. The van der Waals surface area contributed by atoms with Crippen LogP contribution >= 0.6 is 24.0 Å². The highest BCUT2D eigenvalue weighted by molar-refractivity contribution is 14.0. The zero-order valence-corrected chi connectivity index (χ0v) is 14.9. The third-order valence-corrected chi connectivity index (χ3v) is 2.67. The van der Waals surface area contributed by atoms with Crippen LogP contribution in [0.5, 0.6) is 5.75 Å². The van der Waals surface area contributed by atoms with Crippen LogP contribution in [0.15, 0.2) is 29.3 Å². The van der Waals surface area contributed by atoms with Crippen molar-refractivity contribution in [3.63, 3.8) is 0 Å². The number of nitrogens with one attached hydrogen (secondary N) is 2. The maximum Gasteiger partial charge on any atom is 0.390 e. The van der Waals surface area contributed by atoms with Gasteiger partial charge in [-0.15, -0.1) is 24.0 Å². The van der Waals surface area contributed by atoms with Crippen LogP contribution in [0.2, 0.25) is 0 Å². The van der Waals surface area contributed by atoms with Gasteiger partial charge in [-0.3, -0.25) is 4.99 Å². The van der Waals surface area contributed by atoms with E-state index in [2.05, 4.69) is 15.6 Å². The number of aryl methyl sites for hydroxylation is 1. The molecule has 2 N–H and O–H groups in total. The summed E-state index contributed by atoms with van der Waals surface area (Å²) in [6.45, 7) is 2.58. The minimum atomic E-state index is -4.17. The second-order valence-electron chi connectivity index (χ2n) is 4.40. The summed E-state index contributed by atoms with van der Waals surface area (Å²) in [4.78, 5) is 3.84. The topological polar surface area (TPSA) is 45.7 Å². The van der Waals surface area contributed by atoms with E-state index >= 15 is 0 Å². The van der Waals surface area contributed by atoms with Gasteiger partial charge in [-0.25, -0.2) is 0 Å². The summed E-state index contributed by atoms with van der Waals surface area (Å²) in [6.07, 6.45) is -5.06. The van der Waals surface area contributed by atoms with E-state index in [4.69, 9.17) is 4.74 Å². The molecule has 0 amide bonds. The van der Waals surface area contributed by atoms with Gasteiger partial charge in [-0.1, -0.05) is 18.2 Å². The molecule has 8 heteroatoms. The second-order valence-corrected chi connectivity index (χ2v) is 4.40. The van der Waals surface area contributed by atoms with Gasteiger partial charge in [0.2, 0.25) is 0 Å². The Balaban J connectivity index is 0.00000441. The average Bonchev–Trinajstić information content (AvgIpc) is 2.42. The third kappa shape index (κ3) is 8.96. The van der Waals surface area contributed by atoms with Crippen molar-refractivity contribution in [1.82, 2.24) is 10.6 Å². The molecule has 0 aliphatic heterocycles. The van der Waals surface area contributed by atoms with Crippen LogP contribution in [0.3, 0.4) is 0 Å². The molecule has 0 aliphatic rings. The predicted molar refractivity (Wildman–Crippen MR) is 92.1 cm³/mol. The number of aliphatic imine (C=N–C) groups is 1. The number of hydrogen-bond donors (Lipinski definition) is 2. The normalized spacial score (nSPS) is 11.6. The largest absolute Gasteiger partial charge is 0.491 e. The summed E-state index contributed by atoms with van der Waals surface area (Å²) in [5, 5.41) is 5.49. The van der Waals surface area contributed by atoms with Crippen molar-refractivity contribution >= 4 is 29.9 Å². The minimum absolute atomic E-state index is 0. The average molecular weight is 431 g/mol. The van der Waals surface area contributed by atoms with E-state index in [1.807, 2.05) is 31.2 Å². The van der Waals surface area contributed by atoms with E-state index in [1.54, 1.807) is 0 Å². The number of rotatable bonds is 6. The number of halogens is 4. The summed E-state index contributed by atoms with van der Waals surface area (Å²) >= 11 is 0. The molecule has 1 aromatic rings. The van der Waals surface area contributed by atoms with Gasteiger partial charge in [0.15, 0.2) is 5.96 Å². The van der Waals surface area contributed by atoms with Gasteiger partial charge in [-0.2, -0.15) is 13.2 Å². The molecule has 0 radical (unpaired) electrons. The fraction of sp³-hybridized carbons (Fsp3) is 0.500. The highest BCUT2D eigenvalue weighted by Gasteiger charge is 2.26. The maximum atomic E-state index is 12.0. The molecular weight excluding hydrogens is 410 g/mol. The Morgan fingerprint density at radius 3 is 2.41 bits per heavy atom. The van der Waals surface area contributed by atoms with Gasteiger partial charge in [0.05, 0.1) is 13.0 Å². The monoisotopic (exact) mass is 431 g/mol. The number of guanidine groups is 1. The smallest absolute Gasteiger partial charge is 0.390 e. The molecule has 0 saturated heterocycles. The van der Waals surface area contributed by atoms with Crippen LogP contribution in [0.25, 0.3) is 0 Å². The van der Waals surface area contributed by atoms with Crippen LogP contribution < -0.4 is 15.4 Å². The van der Waals surface area contributed by atoms with Crippen molar-refractivity contribution in [1.29, 1.82) is 0 Å². The lowest BCUT2D eigenvalue weighted by Crippen LogP contribution is -2.40. The molecule has 1 rings (SSSR count). The predicted octanol–water partition coefficient (Wildman–Crippen LogP) is 3.11. The van der Waals surface area contributed by atoms with Crippen LogP contribution in [-0.4, -0.2) is 38.9 Å². The highest BCUT2D eigenvalue weighted by Crippen LogP contribution is 2.18. The Labute approximate surface area is 145 Å². The van der Waals surface area contributed by atoms with Gasteiger partial charge in [0, 0.05) is 13.6 Å². The van der Waals surface area contributed by atoms with E-state index in [0.717, 1.165) is 11.3 Å². The number of hydrogen-bond acceptors (Lipinski definition) is 2. The first-order chi connectivity index (χ1) is 9.92. The molecule has 4 nitrogen and oxygen atoms in total. The zero-order chi connectivity index (χ0) is 15.7. The van der Waals surface area contributed by atoms with Crippen LogP contribution in [0, 0.1) is 6.92 Å². The Bertz CT molecular complexity index is 467. The highest BCUT2D eigenvalue weighted by atomic mass is 127. The van der Waals surface area contributed by atoms with E-state index < -0.39 is 12.6 Å². The van der Waals surface area contributed by atoms with Gasteiger partial charge in [0.25, 0.3) is 0 Å². The molecule has 0 unspecified atom stereocenters. The lowest BCUT2D eigenvalue weighted by Gasteiger charge is -2.14. The summed E-state index contributed by atoms with van der Waals surface area (Å²) in [5.41, 5.74) is 1.03. The molecule has 22 heavy (non-hydrogen) atoms. The van der Waals surface area contributed by atoms with Gasteiger partial charge < -0.3 is 15.4 Å². The Morgan fingerprint density at radius 2 is 1.82 bits per heavy atom. The molecule has 1 aromatic carbocycles. The molecule has 0 heterocycles. The maximum absolute atomic E-state index is 12.0. The first-order valence-corrected chi connectivity index (χ1v) is 6.62. The molecule has 0 aliphatic carbocycles. The van der Waals surface area contributed by atoms with Crippen LogP contribution in [-0.2, 0) is 0 Å². The Morgan fingerprint density at radius 1 is 1.18 bits per heavy atom. The fourth-order valence-corrected chi connectivity index (χ4v) is 1.59. The van der Waals surface area contributed by atoms with Crippen molar-refractivity contribution in [2.45, 2.75) is 19.5 Å². The van der Waals surface area contributed by atoms with Gasteiger partial charge >= 0.3 is 6.18 Å². The third-order valence-electron chi connectivity index (χ3n) is 2.67. The lowest BCUT2D eigenvalue weighted by atomic mass is 10.2. The first-order valence-electron chi connectivity index (χ1n) is 6.62. The Kier molecular flexibility index (Phi) is 9.95. The van der Waals surface area contributed by atoms with Crippen molar-refractivity contribution in [3.8, 4) is 5.75 Å². The molecule has 0 saturated carbocycles. The lowest BCUT2D eigenvalue weighted by molar-refractivity contribution is -0.132. The number of ether oxygens (including phenoxy) is 1. The molecule has 126 valence electrons. The summed E-state index contributed by atoms with van der Waals surface area (Å²) in [7, 11) is 1.51. The Hall–Kier alpha value is -1.19. The van der Waals surface area contributed by atoms with Gasteiger partial charge in [0.1, 0.15) is 12.4 Å². The first kappa shape index (κ1) is 20.8. The minimum Gasteiger partial charge on any atom is -0.491 e. The quantitative estimate of drug-likeness (QED) is 0.315. The zero-order valence-electron chi connectivity index (χ0n) is 12.5. The van der Waals surface area contributed by atoms with E-state index in [9.17, 15) is 13.2 Å². The molecule has 0 aromatic heterocycles. The van der Waals surface area contributed by atoms with Gasteiger partial charge in [-0.05, 0) is 18.6 Å². The molecule has 0 atom stereocenters. The molecule has 0 spiro atoms. The summed E-state index contributed by atoms with van der Waals surface area (Å²) in [6, 6.07) is 7.62. The summed E-state index contributed by atoms with van der Waals surface area (Å²) in [5.74, 6) is 1.12. The van der Waals surface area contributed by atoms with Crippen molar-refractivity contribution in [2.75, 3.05) is 26.7 Å². The van der Waals surface area contributed by atoms with Crippen molar-refractivity contribution in [3.05, 3.63) is 29.8 Å². The van der Waals surface area contributed by atoms with E-state index in [-0.39, 0.29) is 30.5 Å². The summed E-state index contributed by atoms with van der Waals surface area (Å²) < 4.78 is 41.6. The van der Waals surface area contributed by atoms with E-state index in [0.29, 0.717) is 19.1 Å². The standard InChI is InChI=1S/C14H20F3N3O.HI/c1-11-5-3-4-6-12(11)21-10-9-20-13(18-2)19-8-7-14(15,16)17;/h3-6H,7-10H2,1-2H3,(H2,18,19,20);1H. The number of benzene rings is 1. The molecule has 0 bridgehead atoms.